The third kappa shape index (κ3) is 6.54. The van der Waals surface area contributed by atoms with E-state index in [4.69, 9.17) is 4.99 Å². The first kappa shape index (κ1) is 22.8. The Bertz CT molecular complexity index is 1100. The average Bonchev–Trinajstić information content (AvgIpc) is 2.85. The summed E-state index contributed by atoms with van der Waals surface area (Å²) in [5.41, 5.74) is 8.08. The Labute approximate surface area is 191 Å². The zero-order valence-corrected chi connectivity index (χ0v) is 19.1. The van der Waals surface area contributed by atoms with Crippen LogP contribution >= 0.6 is 0 Å². The molecule has 1 aliphatic carbocycles. The van der Waals surface area contributed by atoms with Gasteiger partial charge < -0.3 is 10.6 Å². The highest BCUT2D eigenvalue weighted by atomic mass is 14.9. The lowest BCUT2D eigenvalue weighted by Gasteiger charge is -2.08. The van der Waals surface area contributed by atoms with Gasteiger partial charge in [0.25, 0.3) is 0 Å². The Kier molecular flexibility index (Phi) is 8.15. The van der Waals surface area contributed by atoms with Gasteiger partial charge in [0.1, 0.15) is 0 Å². The second-order valence-electron chi connectivity index (χ2n) is 7.07. The van der Waals surface area contributed by atoms with Crippen LogP contribution in [0.4, 0.5) is 28.4 Å². The van der Waals surface area contributed by atoms with Crippen molar-refractivity contribution in [3.8, 4) is 0 Å². The van der Waals surface area contributed by atoms with Gasteiger partial charge in [-0.05, 0) is 91.9 Å². The first-order valence-corrected chi connectivity index (χ1v) is 10.9. The predicted octanol–water partition coefficient (Wildman–Crippen LogP) is 7.78. The Hall–Kier alpha value is -3.92. The quantitative estimate of drug-likeness (QED) is 0.412. The zero-order valence-electron chi connectivity index (χ0n) is 19.1. The Balaban J connectivity index is 0.00000141. The maximum Gasteiger partial charge on any atom is 0.0638 e. The fraction of sp³-hybridized carbons (Fsp3) is 0.143. The predicted molar refractivity (Wildman–Crippen MR) is 141 cm³/mol. The third-order valence-electron chi connectivity index (χ3n) is 4.73. The number of hydrogen-bond donors (Lipinski definition) is 2. The molecule has 4 heteroatoms. The number of aryl methyl sites for hydroxylation is 1. The van der Waals surface area contributed by atoms with Gasteiger partial charge in [-0.3, -0.25) is 0 Å². The molecule has 4 nitrogen and oxygen atoms in total. The van der Waals surface area contributed by atoms with Crippen LogP contribution < -0.4 is 10.6 Å². The minimum Gasteiger partial charge on any atom is -0.388 e. The van der Waals surface area contributed by atoms with E-state index in [0.717, 1.165) is 39.9 Å². The summed E-state index contributed by atoms with van der Waals surface area (Å²) in [5, 5.41) is 6.52. The molecular weight excluding hydrogens is 392 g/mol. The minimum atomic E-state index is 0.904. The number of benzene rings is 3. The molecule has 0 unspecified atom stereocenters. The van der Waals surface area contributed by atoms with E-state index < -0.39 is 0 Å². The van der Waals surface area contributed by atoms with E-state index in [0.29, 0.717) is 0 Å². The molecule has 32 heavy (non-hydrogen) atoms. The normalized spacial score (nSPS) is 12.0. The molecule has 2 N–H and O–H groups in total. The molecule has 0 atom stereocenters. The molecule has 0 amide bonds. The van der Waals surface area contributed by atoms with Crippen LogP contribution in [0.25, 0.3) is 0 Å². The van der Waals surface area contributed by atoms with Crippen molar-refractivity contribution in [1.82, 2.24) is 0 Å². The van der Waals surface area contributed by atoms with E-state index in [1.165, 1.54) is 5.56 Å². The van der Waals surface area contributed by atoms with Gasteiger partial charge in [0.15, 0.2) is 0 Å². The van der Waals surface area contributed by atoms with Crippen LogP contribution in [0.5, 0.6) is 0 Å². The molecule has 0 heterocycles. The molecule has 1 aliphatic rings. The number of nitrogens with one attached hydrogen (secondary N) is 2. The molecule has 0 spiro atoms. The number of aliphatic imine (C=N–C) groups is 2. The second kappa shape index (κ2) is 11.5. The molecule has 0 saturated heterocycles. The van der Waals surface area contributed by atoms with Crippen LogP contribution in [0.2, 0.25) is 0 Å². The monoisotopic (exact) mass is 422 g/mol. The van der Waals surface area contributed by atoms with Gasteiger partial charge in [-0.2, -0.15) is 0 Å². The fourth-order valence-electron chi connectivity index (χ4n) is 3.03. The SMILES string of the molecule is CC.CNc1ccc(Nc2ccc(N=C3C=CC(=Nc4ccc(C)cc4)C=C3)cc2)cc1. The summed E-state index contributed by atoms with van der Waals surface area (Å²) in [6.07, 6.45) is 7.96. The lowest BCUT2D eigenvalue weighted by Crippen LogP contribution is -1.99. The van der Waals surface area contributed by atoms with E-state index in [-0.39, 0.29) is 0 Å². The maximum absolute atomic E-state index is 4.69. The maximum atomic E-state index is 4.69. The number of rotatable bonds is 5. The van der Waals surface area contributed by atoms with Gasteiger partial charge in [-0.25, -0.2) is 9.98 Å². The topological polar surface area (TPSA) is 48.8 Å². The van der Waals surface area contributed by atoms with Crippen molar-refractivity contribution >= 4 is 39.9 Å². The molecule has 3 aromatic carbocycles. The number of nitrogens with zero attached hydrogens (tertiary/aromatic N) is 2. The first-order chi connectivity index (χ1) is 15.7. The van der Waals surface area contributed by atoms with Gasteiger partial charge in [0.05, 0.1) is 22.8 Å². The first-order valence-electron chi connectivity index (χ1n) is 10.9. The van der Waals surface area contributed by atoms with E-state index in [2.05, 4.69) is 34.7 Å². The van der Waals surface area contributed by atoms with Gasteiger partial charge in [-0.15, -0.1) is 0 Å². The van der Waals surface area contributed by atoms with Crippen LogP contribution in [0, 0.1) is 6.92 Å². The number of allylic oxidation sites excluding steroid dienone is 4. The Morgan fingerprint density at radius 1 is 0.531 bits per heavy atom. The van der Waals surface area contributed by atoms with Gasteiger partial charge in [-0.1, -0.05) is 31.5 Å². The number of anilines is 3. The Morgan fingerprint density at radius 3 is 1.34 bits per heavy atom. The summed E-state index contributed by atoms with van der Waals surface area (Å²) in [7, 11) is 1.91. The van der Waals surface area contributed by atoms with Crippen LogP contribution in [0.3, 0.4) is 0 Å². The molecule has 162 valence electrons. The van der Waals surface area contributed by atoms with E-state index in [9.17, 15) is 0 Å². The summed E-state index contributed by atoms with van der Waals surface area (Å²) in [5.74, 6) is 0. The highest BCUT2D eigenvalue weighted by molar-refractivity contribution is 6.19. The van der Waals surface area contributed by atoms with Crippen molar-refractivity contribution in [3.63, 3.8) is 0 Å². The van der Waals surface area contributed by atoms with Crippen molar-refractivity contribution in [3.05, 3.63) is 103 Å². The Morgan fingerprint density at radius 2 is 0.906 bits per heavy atom. The van der Waals surface area contributed by atoms with Crippen LogP contribution in [0.1, 0.15) is 19.4 Å². The van der Waals surface area contributed by atoms with Gasteiger partial charge >= 0.3 is 0 Å². The summed E-state index contributed by atoms with van der Waals surface area (Å²) in [4.78, 5) is 9.33. The van der Waals surface area contributed by atoms with Crippen molar-refractivity contribution < 1.29 is 0 Å². The summed E-state index contributed by atoms with van der Waals surface area (Å²) in [6.45, 7) is 6.07. The van der Waals surface area contributed by atoms with Crippen molar-refractivity contribution in [2.75, 3.05) is 17.7 Å². The van der Waals surface area contributed by atoms with Gasteiger partial charge in [0, 0.05) is 24.1 Å². The molecule has 0 bridgehead atoms. The lowest BCUT2D eigenvalue weighted by atomic mass is 10.1. The van der Waals surface area contributed by atoms with Gasteiger partial charge in [0.2, 0.25) is 0 Å². The summed E-state index contributed by atoms with van der Waals surface area (Å²) >= 11 is 0. The zero-order chi connectivity index (χ0) is 22.8. The van der Waals surface area contributed by atoms with E-state index in [1.54, 1.807) is 0 Å². The van der Waals surface area contributed by atoms with Crippen LogP contribution in [-0.4, -0.2) is 18.5 Å². The highest BCUT2D eigenvalue weighted by Crippen LogP contribution is 2.22. The lowest BCUT2D eigenvalue weighted by molar-refractivity contribution is 1.43. The molecule has 0 radical (unpaired) electrons. The van der Waals surface area contributed by atoms with Crippen molar-refractivity contribution in [1.29, 1.82) is 0 Å². The molecule has 0 saturated carbocycles. The molecule has 0 aromatic heterocycles. The molecule has 3 aromatic rings. The molecule has 0 aliphatic heterocycles. The summed E-state index contributed by atoms with van der Waals surface area (Å²) < 4.78 is 0. The van der Waals surface area contributed by atoms with E-state index >= 15 is 0 Å². The highest BCUT2D eigenvalue weighted by Gasteiger charge is 2.01. The standard InChI is InChI=1S/C26H24N4.C2H6/c1-19-3-5-21(6-4-19)28-23-11-13-25(14-12-23)30-26-17-15-24(16-18-26)29-22-9-7-20(27-2)8-10-22;1-2/h3-18,27,29H,1-2H3;1-2H3. The molecule has 0 fully saturated rings. The van der Waals surface area contributed by atoms with E-state index in [1.807, 2.05) is 106 Å². The van der Waals surface area contributed by atoms with Crippen molar-refractivity contribution in [2.45, 2.75) is 20.8 Å². The summed E-state index contributed by atoms with van der Waals surface area (Å²) in [6, 6.07) is 24.5. The third-order valence-corrected chi connectivity index (χ3v) is 4.73. The number of hydrogen-bond acceptors (Lipinski definition) is 4. The van der Waals surface area contributed by atoms with Crippen LogP contribution in [-0.2, 0) is 0 Å². The minimum absolute atomic E-state index is 0.904. The molecular formula is C28H30N4. The fourth-order valence-corrected chi connectivity index (χ4v) is 3.03. The average molecular weight is 423 g/mol. The van der Waals surface area contributed by atoms with Crippen molar-refractivity contribution in [2.24, 2.45) is 9.98 Å². The molecule has 4 rings (SSSR count). The van der Waals surface area contributed by atoms with Crippen LogP contribution in [0.15, 0.2) is 107 Å². The smallest absolute Gasteiger partial charge is 0.0638 e. The largest absolute Gasteiger partial charge is 0.388 e. The second-order valence-corrected chi connectivity index (χ2v) is 7.07.